The average Bonchev–Trinajstić information content (AvgIpc) is 2.77. The van der Waals surface area contributed by atoms with Gasteiger partial charge in [0.25, 0.3) is 0 Å². The van der Waals surface area contributed by atoms with Crippen molar-refractivity contribution in [3.63, 3.8) is 0 Å². The summed E-state index contributed by atoms with van der Waals surface area (Å²) in [7, 11) is 7.11. The van der Waals surface area contributed by atoms with Crippen LogP contribution in [0.2, 0.25) is 0 Å². The van der Waals surface area contributed by atoms with E-state index in [4.69, 9.17) is 14.2 Å². The molecule has 3 aromatic rings. The third-order valence-electron chi connectivity index (χ3n) is 5.26. The average molecular weight is 439 g/mol. The van der Waals surface area contributed by atoms with Crippen molar-refractivity contribution < 1.29 is 19.0 Å². The van der Waals surface area contributed by atoms with E-state index in [1.807, 2.05) is 63.2 Å². The van der Waals surface area contributed by atoms with Gasteiger partial charge < -0.3 is 29.7 Å². The van der Waals surface area contributed by atoms with Crippen LogP contribution >= 0.6 is 0 Å². The molecule has 1 heterocycles. The standard InChI is InChI=1S/C24H30N4O4/c1-15-16(2)20(8-7-18(15)27-24(29)26-11-12-28(3)4)32-21-9-10-25-19-14-23(31-6)22(30-5)13-17(19)21/h7-10,13-14H,11-12H2,1-6H3,(H2,26,27,29). The Kier molecular flexibility index (Phi) is 7.37. The molecule has 0 bridgehead atoms. The lowest BCUT2D eigenvalue weighted by molar-refractivity contribution is 0.250. The van der Waals surface area contributed by atoms with Crippen molar-refractivity contribution in [2.45, 2.75) is 13.8 Å². The molecule has 1 aromatic heterocycles. The van der Waals surface area contributed by atoms with Gasteiger partial charge in [-0.1, -0.05) is 0 Å². The first kappa shape index (κ1) is 23.1. The van der Waals surface area contributed by atoms with Crippen LogP contribution in [-0.4, -0.2) is 57.3 Å². The van der Waals surface area contributed by atoms with Crippen LogP contribution in [0.4, 0.5) is 10.5 Å². The van der Waals surface area contributed by atoms with E-state index in [2.05, 4.69) is 15.6 Å². The Morgan fingerprint density at radius 2 is 1.69 bits per heavy atom. The maximum atomic E-state index is 12.2. The van der Waals surface area contributed by atoms with Gasteiger partial charge in [-0.2, -0.15) is 0 Å². The number of methoxy groups -OCH3 is 2. The summed E-state index contributed by atoms with van der Waals surface area (Å²) in [5.74, 6) is 2.56. The van der Waals surface area contributed by atoms with Gasteiger partial charge in [-0.25, -0.2) is 4.79 Å². The third kappa shape index (κ3) is 5.20. The maximum absolute atomic E-state index is 12.2. The number of rotatable bonds is 8. The molecule has 0 aliphatic carbocycles. The fraction of sp³-hybridized carbons (Fsp3) is 0.333. The van der Waals surface area contributed by atoms with Gasteiger partial charge in [0.1, 0.15) is 11.5 Å². The number of hydrogen-bond donors (Lipinski definition) is 2. The van der Waals surface area contributed by atoms with E-state index in [-0.39, 0.29) is 6.03 Å². The molecule has 0 unspecified atom stereocenters. The van der Waals surface area contributed by atoms with Gasteiger partial charge in [0.15, 0.2) is 11.5 Å². The Labute approximate surface area is 188 Å². The number of amides is 2. The number of ether oxygens (including phenoxy) is 3. The van der Waals surface area contributed by atoms with Crippen molar-refractivity contribution >= 4 is 22.6 Å². The summed E-state index contributed by atoms with van der Waals surface area (Å²) in [6, 6.07) is 8.95. The summed E-state index contributed by atoms with van der Waals surface area (Å²) >= 11 is 0. The van der Waals surface area contributed by atoms with Crippen LogP contribution in [0.5, 0.6) is 23.0 Å². The minimum Gasteiger partial charge on any atom is -0.493 e. The zero-order chi connectivity index (χ0) is 23.3. The molecule has 0 aliphatic heterocycles. The van der Waals surface area contributed by atoms with E-state index in [0.29, 0.717) is 29.5 Å². The molecule has 0 spiro atoms. The van der Waals surface area contributed by atoms with E-state index in [1.165, 1.54) is 0 Å². The highest BCUT2D eigenvalue weighted by Crippen LogP contribution is 2.38. The summed E-state index contributed by atoms with van der Waals surface area (Å²) in [4.78, 5) is 18.6. The molecule has 170 valence electrons. The first-order valence-electron chi connectivity index (χ1n) is 10.3. The Bertz CT molecular complexity index is 1110. The monoisotopic (exact) mass is 438 g/mol. The second-order valence-corrected chi connectivity index (χ2v) is 7.68. The molecule has 8 nitrogen and oxygen atoms in total. The van der Waals surface area contributed by atoms with Gasteiger partial charge in [0, 0.05) is 36.4 Å². The van der Waals surface area contributed by atoms with Crippen molar-refractivity contribution in [2.24, 2.45) is 0 Å². The highest BCUT2D eigenvalue weighted by Gasteiger charge is 2.14. The lowest BCUT2D eigenvalue weighted by Gasteiger charge is -2.17. The van der Waals surface area contributed by atoms with Gasteiger partial charge >= 0.3 is 6.03 Å². The number of fused-ring (bicyclic) bond motifs is 1. The lowest BCUT2D eigenvalue weighted by Crippen LogP contribution is -2.34. The van der Waals surface area contributed by atoms with Crippen molar-refractivity contribution in [3.8, 4) is 23.0 Å². The van der Waals surface area contributed by atoms with Crippen LogP contribution in [0, 0.1) is 13.8 Å². The molecule has 0 saturated carbocycles. The second kappa shape index (κ2) is 10.2. The quantitative estimate of drug-likeness (QED) is 0.544. The topological polar surface area (TPSA) is 85.0 Å². The van der Waals surface area contributed by atoms with E-state index in [9.17, 15) is 4.79 Å². The molecule has 0 aliphatic rings. The van der Waals surface area contributed by atoms with Crippen LogP contribution < -0.4 is 24.8 Å². The predicted octanol–water partition coefficient (Wildman–Crippen LogP) is 4.34. The Morgan fingerprint density at radius 1 is 0.969 bits per heavy atom. The molecule has 2 N–H and O–H groups in total. The maximum Gasteiger partial charge on any atom is 0.319 e. The summed E-state index contributed by atoms with van der Waals surface area (Å²) < 4.78 is 17.1. The number of carbonyl (C=O) groups is 1. The molecule has 0 atom stereocenters. The fourth-order valence-electron chi connectivity index (χ4n) is 3.26. The molecule has 0 saturated heterocycles. The van der Waals surface area contributed by atoms with Gasteiger partial charge in [-0.15, -0.1) is 0 Å². The molecular weight excluding hydrogens is 408 g/mol. The first-order valence-corrected chi connectivity index (χ1v) is 10.3. The van der Waals surface area contributed by atoms with Crippen LogP contribution in [-0.2, 0) is 0 Å². The first-order chi connectivity index (χ1) is 15.3. The number of aromatic nitrogens is 1. The van der Waals surface area contributed by atoms with Crippen molar-refractivity contribution in [2.75, 3.05) is 46.7 Å². The largest absolute Gasteiger partial charge is 0.493 e. The number of pyridine rings is 1. The van der Waals surface area contributed by atoms with Crippen LogP contribution in [0.15, 0.2) is 36.5 Å². The number of likely N-dealkylation sites (N-methyl/N-ethyl adjacent to an activating group) is 1. The van der Waals surface area contributed by atoms with E-state index in [0.717, 1.165) is 34.3 Å². The smallest absolute Gasteiger partial charge is 0.319 e. The summed E-state index contributed by atoms with van der Waals surface area (Å²) in [5.41, 5.74) is 3.34. The number of hydrogen-bond acceptors (Lipinski definition) is 6. The lowest BCUT2D eigenvalue weighted by atomic mass is 10.1. The van der Waals surface area contributed by atoms with Crippen molar-refractivity contribution in [1.82, 2.24) is 15.2 Å². The summed E-state index contributed by atoms with van der Waals surface area (Å²) in [6.07, 6.45) is 1.69. The van der Waals surface area contributed by atoms with Crippen LogP contribution in [0.25, 0.3) is 10.9 Å². The molecule has 8 heteroatoms. The number of urea groups is 1. The molecule has 3 rings (SSSR count). The van der Waals surface area contributed by atoms with E-state index in [1.54, 1.807) is 20.4 Å². The van der Waals surface area contributed by atoms with Crippen molar-refractivity contribution in [1.29, 1.82) is 0 Å². The highest BCUT2D eigenvalue weighted by molar-refractivity contribution is 5.91. The Morgan fingerprint density at radius 3 is 2.38 bits per heavy atom. The van der Waals surface area contributed by atoms with Gasteiger partial charge in [-0.3, -0.25) is 4.98 Å². The molecule has 0 fully saturated rings. The van der Waals surface area contributed by atoms with Crippen LogP contribution in [0.1, 0.15) is 11.1 Å². The summed E-state index contributed by atoms with van der Waals surface area (Å²) in [5, 5.41) is 6.57. The molecule has 0 radical (unpaired) electrons. The molecule has 2 amide bonds. The molecule has 2 aromatic carbocycles. The number of nitrogens with one attached hydrogen (secondary N) is 2. The predicted molar refractivity (Wildman–Crippen MR) is 126 cm³/mol. The van der Waals surface area contributed by atoms with Gasteiger partial charge in [0.2, 0.25) is 0 Å². The van der Waals surface area contributed by atoms with Crippen LogP contribution in [0.3, 0.4) is 0 Å². The number of carbonyl (C=O) groups excluding carboxylic acids is 1. The SMILES string of the molecule is COc1cc2nccc(Oc3ccc(NC(=O)NCCN(C)C)c(C)c3C)c2cc1OC. The zero-order valence-electron chi connectivity index (χ0n) is 19.4. The Balaban J connectivity index is 1.83. The second-order valence-electron chi connectivity index (χ2n) is 7.68. The van der Waals surface area contributed by atoms with E-state index >= 15 is 0 Å². The normalized spacial score (nSPS) is 10.8. The minimum absolute atomic E-state index is 0.232. The van der Waals surface area contributed by atoms with Crippen molar-refractivity contribution in [3.05, 3.63) is 47.7 Å². The molecular formula is C24H30N4O4. The number of nitrogens with zero attached hydrogens (tertiary/aromatic N) is 2. The highest BCUT2D eigenvalue weighted by atomic mass is 16.5. The molecule has 32 heavy (non-hydrogen) atoms. The summed E-state index contributed by atoms with van der Waals surface area (Å²) in [6.45, 7) is 5.26. The number of benzene rings is 2. The Hall–Kier alpha value is -3.52. The fourth-order valence-corrected chi connectivity index (χ4v) is 3.26. The van der Waals surface area contributed by atoms with E-state index < -0.39 is 0 Å². The third-order valence-corrected chi connectivity index (χ3v) is 5.26. The minimum atomic E-state index is -0.232. The zero-order valence-corrected chi connectivity index (χ0v) is 19.4. The number of anilines is 1. The van der Waals surface area contributed by atoms with Gasteiger partial charge in [0.05, 0.1) is 19.7 Å². The van der Waals surface area contributed by atoms with Gasteiger partial charge in [-0.05, 0) is 63.3 Å².